The maximum absolute atomic E-state index is 12.5. The number of aromatic nitrogens is 1. The first kappa shape index (κ1) is 23.7. The normalized spacial score (nSPS) is 18.8. The Morgan fingerprint density at radius 2 is 1.78 bits per heavy atom. The third-order valence-electron chi connectivity index (χ3n) is 6.88. The van der Waals surface area contributed by atoms with Gasteiger partial charge in [-0.05, 0) is 43.0 Å². The van der Waals surface area contributed by atoms with Crippen LogP contribution in [0.1, 0.15) is 35.7 Å². The number of nitrogens with zero attached hydrogens (tertiary/aromatic N) is 4. The van der Waals surface area contributed by atoms with E-state index in [2.05, 4.69) is 22.0 Å². The smallest absolute Gasteiger partial charge is 0.410 e. The van der Waals surface area contributed by atoms with Crippen molar-refractivity contribution in [3.05, 3.63) is 93.7 Å². The summed E-state index contributed by atoms with van der Waals surface area (Å²) >= 11 is 0. The molecule has 1 amide bonds. The maximum Gasteiger partial charge on any atom is 0.410 e. The van der Waals surface area contributed by atoms with Gasteiger partial charge in [-0.25, -0.2) is 9.78 Å². The van der Waals surface area contributed by atoms with Crippen LogP contribution >= 0.6 is 0 Å². The molecule has 36 heavy (non-hydrogen) atoms. The molecule has 2 aliphatic heterocycles. The van der Waals surface area contributed by atoms with Crippen LogP contribution in [0.25, 0.3) is 0 Å². The summed E-state index contributed by atoms with van der Waals surface area (Å²) in [5.74, 6) is 0.944. The van der Waals surface area contributed by atoms with Crippen molar-refractivity contribution in [2.75, 3.05) is 19.7 Å². The molecule has 2 saturated heterocycles. The van der Waals surface area contributed by atoms with Crippen molar-refractivity contribution >= 4 is 11.8 Å². The second-order valence-corrected chi connectivity index (χ2v) is 9.17. The number of nitro benzene ring substituents is 1. The fraction of sp³-hybridized carbons (Fsp3) is 0.333. The van der Waals surface area contributed by atoms with Crippen LogP contribution in [0, 0.1) is 17.0 Å². The molecule has 1 aromatic heterocycles. The Labute approximate surface area is 209 Å². The second kappa shape index (κ2) is 10.3. The number of cyclic esters (lactones) is 1. The number of likely N-dealkylation sites (tertiary alicyclic amines) is 1. The number of piperidine rings is 1. The fourth-order valence-corrected chi connectivity index (χ4v) is 4.91. The number of aryl methyl sites for hydroxylation is 1. The third kappa shape index (κ3) is 5.16. The zero-order valence-corrected chi connectivity index (χ0v) is 20.1. The first-order valence-corrected chi connectivity index (χ1v) is 12.1. The summed E-state index contributed by atoms with van der Waals surface area (Å²) in [5.41, 5.74) is 3.13. The molecule has 2 fully saturated rings. The second-order valence-electron chi connectivity index (χ2n) is 9.17. The van der Waals surface area contributed by atoms with E-state index < -0.39 is 4.92 Å². The monoisotopic (exact) mass is 488 g/mol. The highest BCUT2D eigenvalue weighted by Crippen LogP contribution is 2.33. The fourth-order valence-electron chi connectivity index (χ4n) is 4.91. The summed E-state index contributed by atoms with van der Waals surface area (Å²) in [7, 11) is 0. The number of non-ortho nitro benzene ring substituents is 1. The number of hydrogen-bond acceptors (Lipinski definition) is 7. The van der Waals surface area contributed by atoms with Crippen LogP contribution in [-0.4, -0.2) is 51.5 Å². The molecule has 0 radical (unpaired) electrons. The number of pyridine rings is 1. The van der Waals surface area contributed by atoms with Crippen LogP contribution in [-0.2, 0) is 11.3 Å². The van der Waals surface area contributed by atoms with Gasteiger partial charge in [-0.1, -0.05) is 36.4 Å². The molecular weight excluding hydrogens is 460 g/mol. The molecule has 0 unspecified atom stereocenters. The standard InChI is InChI=1S/C27H28N4O5/c1-19-21(7-12-26(28-19)36-24-10-8-23(9-11-24)31(33)34)17-29-15-13-22(14-16-29)30-25(18-35-27(30)32)20-5-3-2-4-6-20/h2-12,22,25H,13-18H2,1H3/t25-/m0/s1. The summed E-state index contributed by atoms with van der Waals surface area (Å²) in [6.45, 7) is 4.90. The SMILES string of the molecule is Cc1nc(Oc2ccc([N+](=O)[O-])cc2)ccc1CN1CCC(N2C(=O)OC[C@H]2c2ccccc2)CC1. The van der Waals surface area contributed by atoms with Crippen molar-refractivity contribution < 1.29 is 19.2 Å². The quantitative estimate of drug-likeness (QED) is 0.331. The Morgan fingerprint density at radius 1 is 1.06 bits per heavy atom. The average Bonchev–Trinajstić information content (AvgIpc) is 3.28. The van der Waals surface area contributed by atoms with Crippen LogP contribution in [0.4, 0.5) is 10.5 Å². The zero-order valence-electron chi connectivity index (χ0n) is 20.1. The Balaban J connectivity index is 1.17. The van der Waals surface area contributed by atoms with E-state index in [4.69, 9.17) is 9.47 Å². The van der Waals surface area contributed by atoms with Crippen LogP contribution < -0.4 is 4.74 Å². The lowest BCUT2D eigenvalue weighted by Crippen LogP contribution is -2.46. The van der Waals surface area contributed by atoms with Gasteiger partial charge < -0.3 is 9.47 Å². The van der Waals surface area contributed by atoms with Crippen molar-refractivity contribution in [1.82, 2.24) is 14.8 Å². The molecule has 0 bridgehead atoms. The van der Waals surface area contributed by atoms with E-state index in [0.717, 1.165) is 49.3 Å². The summed E-state index contributed by atoms with van der Waals surface area (Å²) in [4.78, 5) is 31.8. The molecule has 9 heteroatoms. The number of nitro groups is 1. The molecule has 5 rings (SSSR count). The van der Waals surface area contributed by atoms with Gasteiger partial charge in [0.25, 0.3) is 5.69 Å². The number of rotatable bonds is 7. The lowest BCUT2D eigenvalue weighted by atomic mass is 9.98. The Hall–Kier alpha value is -3.98. The lowest BCUT2D eigenvalue weighted by molar-refractivity contribution is -0.384. The zero-order chi connectivity index (χ0) is 25.1. The summed E-state index contributed by atoms with van der Waals surface area (Å²) in [5, 5.41) is 10.8. The van der Waals surface area contributed by atoms with Gasteiger partial charge in [-0.2, -0.15) is 0 Å². The molecule has 3 heterocycles. The van der Waals surface area contributed by atoms with Crippen LogP contribution in [0.3, 0.4) is 0 Å². The molecule has 2 aromatic carbocycles. The molecule has 0 saturated carbocycles. The minimum atomic E-state index is -0.442. The lowest BCUT2D eigenvalue weighted by Gasteiger charge is -2.38. The van der Waals surface area contributed by atoms with Gasteiger partial charge in [0.2, 0.25) is 5.88 Å². The predicted molar refractivity (Wildman–Crippen MR) is 133 cm³/mol. The first-order valence-electron chi connectivity index (χ1n) is 12.1. The molecule has 9 nitrogen and oxygen atoms in total. The number of amides is 1. The van der Waals surface area contributed by atoms with Gasteiger partial charge in [0, 0.05) is 49.6 Å². The molecule has 0 N–H and O–H groups in total. The number of hydrogen-bond donors (Lipinski definition) is 0. The van der Waals surface area contributed by atoms with Crippen LogP contribution in [0.2, 0.25) is 0 Å². The highest BCUT2D eigenvalue weighted by molar-refractivity contribution is 5.71. The van der Waals surface area contributed by atoms with Crippen molar-refractivity contribution in [3.8, 4) is 11.6 Å². The van der Waals surface area contributed by atoms with Crippen molar-refractivity contribution in [1.29, 1.82) is 0 Å². The minimum absolute atomic E-state index is 0.0165. The van der Waals surface area contributed by atoms with Gasteiger partial charge in [-0.3, -0.25) is 19.9 Å². The van der Waals surface area contributed by atoms with Gasteiger partial charge in [0.15, 0.2) is 0 Å². The molecule has 2 aliphatic rings. The summed E-state index contributed by atoms with van der Waals surface area (Å²) < 4.78 is 11.2. The number of ether oxygens (including phenoxy) is 2. The van der Waals surface area contributed by atoms with E-state index >= 15 is 0 Å². The molecule has 0 aliphatic carbocycles. The van der Waals surface area contributed by atoms with E-state index in [9.17, 15) is 14.9 Å². The molecule has 186 valence electrons. The molecule has 1 atom stereocenters. The van der Waals surface area contributed by atoms with Crippen LogP contribution in [0.5, 0.6) is 11.6 Å². The Kier molecular flexibility index (Phi) is 6.81. The molecule has 0 spiro atoms. The largest absolute Gasteiger partial charge is 0.447 e. The number of carbonyl (C=O) groups excluding carboxylic acids is 1. The number of benzene rings is 2. The highest BCUT2D eigenvalue weighted by Gasteiger charge is 2.40. The van der Waals surface area contributed by atoms with E-state index in [1.165, 1.54) is 12.1 Å². The van der Waals surface area contributed by atoms with E-state index in [1.54, 1.807) is 12.1 Å². The molecular formula is C27H28N4O5. The highest BCUT2D eigenvalue weighted by atomic mass is 16.6. The van der Waals surface area contributed by atoms with Crippen molar-refractivity contribution in [2.45, 2.75) is 38.4 Å². The molecule has 3 aromatic rings. The maximum atomic E-state index is 12.5. The van der Waals surface area contributed by atoms with E-state index in [0.29, 0.717) is 18.2 Å². The van der Waals surface area contributed by atoms with Gasteiger partial charge in [-0.15, -0.1) is 0 Å². The average molecular weight is 489 g/mol. The third-order valence-corrected chi connectivity index (χ3v) is 6.88. The van der Waals surface area contributed by atoms with Crippen molar-refractivity contribution in [3.63, 3.8) is 0 Å². The first-order chi connectivity index (χ1) is 17.5. The van der Waals surface area contributed by atoms with Gasteiger partial charge >= 0.3 is 6.09 Å². The van der Waals surface area contributed by atoms with E-state index in [-0.39, 0.29) is 23.9 Å². The minimum Gasteiger partial charge on any atom is -0.447 e. The summed E-state index contributed by atoms with van der Waals surface area (Å²) in [6, 6.07) is 20.0. The van der Waals surface area contributed by atoms with Crippen molar-refractivity contribution in [2.24, 2.45) is 0 Å². The van der Waals surface area contributed by atoms with Gasteiger partial charge in [0.1, 0.15) is 12.4 Å². The predicted octanol–water partition coefficient (Wildman–Crippen LogP) is 5.25. The summed E-state index contributed by atoms with van der Waals surface area (Å²) in [6.07, 6.45) is 1.57. The Bertz CT molecular complexity index is 1230. The van der Waals surface area contributed by atoms with Crippen LogP contribution in [0.15, 0.2) is 66.7 Å². The van der Waals surface area contributed by atoms with Gasteiger partial charge in [0.05, 0.1) is 11.0 Å². The number of carbonyl (C=O) groups is 1. The Morgan fingerprint density at radius 3 is 2.44 bits per heavy atom. The topological polar surface area (TPSA) is 98.0 Å². The van der Waals surface area contributed by atoms with E-state index in [1.807, 2.05) is 42.2 Å².